The Hall–Kier alpha value is -4.04. The third kappa shape index (κ3) is 2.74. The van der Waals surface area contributed by atoms with Gasteiger partial charge in [-0.05, 0) is 28.8 Å². The Bertz CT molecular complexity index is 1300. The molecule has 0 radical (unpaired) electrons. The number of anilines is 1. The Kier molecular flexibility index (Phi) is 4.31. The number of benzene rings is 3. The minimum absolute atomic E-state index is 0.0261. The Morgan fingerprint density at radius 2 is 1.88 bits per heavy atom. The molecular formula is C25H23N5O3. The molecule has 0 saturated heterocycles. The summed E-state index contributed by atoms with van der Waals surface area (Å²) in [5.74, 6) is 12.8. The first-order valence-electron chi connectivity index (χ1n) is 10.8. The standard InChI is InChI=1S/C25H23N5O3/c26-28-23(29-27)16-7-5-15(6-8-16)13-30-20-4-2-1-3-18(20)25(24(30)31)14-33-22-12-21-17(9-10-32-21)11-19(22)25/h1-8,11-12H,9-10,13-14,26-27H2,(H,28,29). The molecule has 1 amide bonds. The number of carbonyl (C=O) groups is 1. The number of para-hydroxylation sites is 1. The molecule has 3 aliphatic heterocycles. The van der Waals surface area contributed by atoms with E-state index in [0.717, 1.165) is 51.4 Å². The summed E-state index contributed by atoms with van der Waals surface area (Å²) in [4.78, 5) is 15.9. The average molecular weight is 441 g/mol. The van der Waals surface area contributed by atoms with E-state index in [0.29, 0.717) is 19.0 Å². The van der Waals surface area contributed by atoms with Gasteiger partial charge < -0.3 is 25.6 Å². The maximum Gasteiger partial charge on any atom is 0.246 e. The number of carbonyl (C=O) groups excluding carboxylic acids is 1. The molecule has 0 aliphatic carbocycles. The third-order valence-electron chi connectivity index (χ3n) is 6.79. The van der Waals surface area contributed by atoms with E-state index < -0.39 is 5.41 Å². The van der Waals surface area contributed by atoms with E-state index in [2.05, 4.69) is 16.6 Å². The fourth-order valence-electron chi connectivity index (χ4n) is 5.15. The lowest BCUT2D eigenvalue weighted by molar-refractivity contribution is -0.122. The summed E-state index contributed by atoms with van der Waals surface area (Å²) in [5.41, 5.74) is 7.33. The SMILES string of the molecule is N/N=C(\NN)c1ccc(CN2C(=O)C3(COc4cc5c(cc43)CCO5)c3ccccc32)cc1. The Morgan fingerprint density at radius 1 is 1.06 bits per heavy atom. The summed E-state index contributed by atoms with van der Waals surface area (Å²) in [6, 6.07) is 19.7. The van der Waals surface area contributed by atoms with Crippen LogP contribution in [0.4, 0.5) is 5.69 Å². The lowest BCUT2D eigenvalue weighted by Gasteiger charge is -2.23. The first kappa shape index (κ1) is 19.6. The molecule has 0 bridgehead atoms. The monoisotopic (exact) mass is 441 g/mol. The second-order valence-corrected chi connectivity index (χ2v) is 8.48. The van der Waals surface area contributed by atoms with Gasteiger partial charge in [-0.15, -0.1) is 0 Å². The zero-order valence-electron chi connectivity index (χ0n) is 17.9. The maximum atomic E-state index is 14.1. The predicted octanol–water partition coefficient (Wildman–Crippen LogP) is 1.93. The van der Waals surface area contributed by atoms with Gasteiger partial charge in [-0.3, -0.25) is 4.79 Å². The van der Waals surface area contributed by atoms with Crippen molar-refractivity contribution in [2.45, 2.75) is 18.4 Å². The van der Waals surface area contributed by atoms with Crippen LogP contribution in [0.3, 0.4) is 0 Å². The number of fused-ring (bicyclic) bond motifs is 5. The smallest absolute Gasteiger partial charge is 0.246 e. The second-order valence-electron chi connectivity index (χ2n) is 8.48. The van der Waals surface area contributed by atoms with Crippen LogP contribution in [0.5, 0.6) is 11.5 Å². The van der Waals surface area contributed by atoms with Gasteiger partial charge in [0, 0.05) is 29.3 Å². The summed E-state index contributed by atoms with van der Waals surface area (Å²) < 4.78 is 11.8. The number of nitrogens with one attached hydrogen (secondary N) is 1. The van der Waals surface area contributed by atoms with Gasteiger partial charge in [-0.1, -0.05) is 42.5 Å². The van der Waals surface area contributed by atoms with Gasteiger partial charge in [0.25, 0.3) is 0 Å². The van der Waals surface area contributed by atoms with Gasteiger partial charge in [0.15, 0.2) is 5.84 Å². The van der Waals surface area contributed by atoms with Crippen LogP contribution < -0.4 is 31.5 Å². The van der Waals surface area contributed by atoms with Crippen LogP contribution in [0.15, 0.2) is 65.8 Å². The first-order chi connectivity index (χ1) is 16.2. The molecule has 1 spiro atoms. The number of amidine groups is 1. The van der Waals surface area contributed by atoms with E-state index in [4.69, 9.17) is 21.2 Å². The van der Waals surface area contributed by atoms with Crippen LogP contribution in [0.25, 0.3) is 0 Å². The van der Waals surface area contributed by atoms with Crippen LogP contribution in [0.1, 0.15) is 27.8 Å². The highest BCUT2D eigenvalue weighted by Gasteiger charge is 2.57. The topological polar surface area (TPSA) is 115 Å². The molecule has 3 aromatic carbocycles. The Balaban J connectivity index is 1.40. The van der Waals surface area contributed by atoms with Gasteiger partial charge in [-0.2, -0.15) is 5.10 Å². The minimum Gasteiger partial charge on any atom is -0.493 e. The third-order valence-corrected chi connectivity index (χ3v) is 6.79. The average Bonchev–Trinajstić information content (AvgIpc) is 3.52. The summed E-state index contributed by atoms with van der Waals surface area (Å²) in [6.07, 6.45) is 0.844. The molecule has 3 heterocycles. The summed E-state index contributed by atoms with van der Waals surface area (Å²) in [5, 5.41) is 3.64. The van der Waals surface area contributed by atoms with Crippen molar-refractivity contribution in [2.24, 2.45) is 16.8 Å². The van der Waals surface area contributed by atoms with Crippen LogP contribution in [0.2, 0.25) is 0 Å². The number of hydrogen-bond acceptors (Lipinski definition) is 6. The molecule has 0 fully saturated rings. The minimum atomic E-state index is -0.841. The fourth-order valence-corrected chi connectivity index (χ4v) is 5.15. The van der Waals surface area contributed by atoms with Gasteiger partial charge in [0.2, 0.25) is 5.91 Å². The van der Waals surface area contributed by atoms with Crippen molar-refractivity contribution in [3.63, 3.8) is 0 Å². The highest BCUT2D eigenvalue weighted by Crippen LogP contribution is 2.54. The Morgan fingerprint density at radius 3 is 2.67 bits per heavy atom. The van der Waals surface area contributed by atoms with Gasteiger partial charge in [0.1, 0.15) is 23.5 Å². The number of hydrazone groups is 1. The van der Waals surface area contributed by atoms with E-state index in [1.54, 1.807) is 0 Å². The molecule has 5 N–H and O–H groups in total. The number of rotatable bonds is 3. The van der Waals surface area contributed by atoms with Crippen LogP contribution in [-0.4, -0.2) is 25.0 Å². The largest absolute Gasteiger partial charge is 0.493 e. The highest BCUT2D eigenvalue weighted by molar-refractivity contribution is 6.11. The molecule has 1 atom stereocenters. The van der Waals surface area contributed by atoms with Crippen LogP contribution in [-0.2, 0) is 23.2 Å². The number of hydrazine groups is 1. The normalized spacial score (nSPS) is 20.3. The lowest BCUT2D eigenvalue weighted by atomic mass is 9.76. The van der Waals surface area contributed by atoms with E-state index in [1.807, 2.05) is 59.5 Å². The van der Waals surface area contributed by atoms with Crippen molar-refractivity contribution in [1.29, 1.82) is 0 Å². The van der Waals surface area contributed by atoms with E-state index in [1.165, 1.54) is 0 Å². The van der Waals surface area contributed by atoms with E-state index >= 15 is 0 Å². The number of hydrogen-bond donors (Lipinski definition) is 3. The van der Waals surface area contributed by atoms with Crippen molar-refractivity contribution < 1.29 is 14.3 Å². The first-order valence-corrected chi connectivity index (χ1v) is 10.8. The summed E-state index contributed by atoms with van der Waals surface area (Å²) in [6.45, 7) is 1.38. The molecule has 1 unspecified atom stereocenters. The van der Waals surface area contributed by atoms with Crippen molar-refractivity contribution in [2.75, 3.05) is 18.1 Å². The zero-order chi connectivity index (χ0) is 22.6. The highest BCUT2D eigenvalue weighted by atomic mass is 16.5. The van der Waals surface area contributed by atoms with Crippen molar-refractivity contribution in [1.82, 2.24) is 5.43 Å². The zero-order valence-corrected chi connectivity index (χ0v) is 17.9. The summed E-state index contributed by atoms with van der Waals surface area (Å²) >= 11 is 0. The molecule has 8 nitrogen and oxygen atoms in total. The van der Waals surface area contributed by atoms with Gasteiger partial charge in [-0.25, -0.2) is 5.84 Å². The molecule has 33 heavy (non-hydrogen) atoms. The second kappa shape index (κ2) is 7.25. The van der Waals surface area contributed by atoms with Crippen molar-refractivity contribution >= 4 is 17.4 Å². The Labute approximate surface area is 190 Å². The fraction of sp³-hybridized carbons (Fsp3) is 0.200. The number of nitrogens with zero attached hydrogens (tertiary/aromatic N) is 2. The lowest BCUT2D eigenvalue weighted by Crippen LogP contribution is -2.42. The van der Waals surface area contributed by atoms with Crippen molar-refractivity contribution in [3.05, 3.63) is 88.5 Å². The summed E-state index contributed by atoms with van der Waals surface area (Å²) in [7, 11) is 0. The predicted molar refractivity (Wildman–Crippen MR) is 124 cm³/mol. The molecule has 0 aromatic heterocycles. The molecular weight excluding hydrogens is 418 g/mol. The van der Waals surface area contributed by atoms with E-state index in [9.17, 15) is 4.79 Å². The molecule has 3 aliphatic rings. The molecule has 6 rings (SSSR count). The molecule has 8 heteroatoms. The quantitative estimate of drug-likeness (QED) is 0.248. The van der Waals surface area contributed by atoms with Crippen LogP contribution in [0, 0.1) is 0 Å². The molecule has 166 valence electrons. The van der Waals surface area contributed by atoms with E-state index in [-0.39, 0.29) is 12.5 Å². The molecule has 0 saturated carbocycles. The number of amides is 1. The van der Waals surface area contributed by atoms with Crippen LogP contribution >= 0.6 is 0 Å². The number of ether oxygens (including phenoxy) is 2. The maximum absolute atomic E-state index is 14.1. The molecule has 3 aromatic rings. The number of nitrogens with two attached hydrogens (primary N) is 2. The van der Waals surface area contributed by atoms with Crippen molar-refractivity contribution in [3.8, 4) is 11.5 Å². The van der Waals surface area contributed by atoms with Gasteiger partial charge >= 0.3 is 0 Å². The van der Waals surface area contributed by atoms with Gasteiger partial charge in [0.05, 0.1) is 13.2 Å².